The molecule has 0 bridgehead atoms. The Morgan fingerprint density at radius 2 is 1.69 bits per heavy atom. The molecule has 166 valence electrons. The van der Waals surface area contributed by atoms with E-state index in [0.29, 0.717) is 35.9 Å². The Balaban J connectivity index is 1.78. The maximum absolute atomic E-state index is 12.9. The van der Waals surface area contributed by atoms with Crippen LogP contribution in [0.4, 0.5) is 0 Å². The summed E-state index contributed by atoms with van der Waals surface area (Å²) in [6.45, 7) is 8.88. The van der Waals surface area contributed by atoms with E-state index in [1.807, 2.05) is 38.1 Å². The summed E-state index contributed by atoms with van der Waals surface area (Å²) in [4.78, 5) is 50.2. The molecule has 2 N–H and O–H groups in total. The molecule has 0 aliphatic rings. The van der Waals surface area contributed by atoms with E-state index in [1.54, 1.807) is 31.0 Å². The molecule has 1 aromatic carbocycles. The number of hydrogen-bond donors (Lipinski definition) is 2. The van der Waals surface area contributed by atoms with E-state index in [-0.39, 0.29) is 18.0 Å². The fourth-order valence-corrected chi connectivity index (χ4v) is 3.34. The van der Waals surface area contributed by atoms with Gasteiger partial charge in [-0.3, -0.25) is 14.4 Å². The van der Waals surface area contributed by atoms with Crippen LogP contribution in [0.3, 0.4) is 0 Å². The van der Waals surface area contributed by atoms with Crippen molar-refractivity contribution in [1.82, 2.24) is 25.2 Å². The van der Waals surface area contributed by atoms with Gasteiger partial charge in [0.1, 0.15) is 11.4 Å². The molecule has 0 unspecified atom stereocenters. The largest absolute Gasteiger partial charge is 0.348 e. The lowest BCUT2D eigenvalue weighted by molar-refractivity contribution is 0.0772. The number of nitrogens with zero attached hydrogens (tertiary/aromatic N) is 3. The molecule has 0 fully saturated rings. The van der Waals surface area contributed by atoms with Crippen molar-refractivity contribution in [1.29, 1.82) is 0 Å². The van der Waals surface area contributed by atoms with Crippen molar-refractivity contribution in [2.45, 2.75) is 34.2 Å². The normalized spacial score (nSPS) is 10.6. The first-order valence-electron chi connectivity index (χ1n) is 10.5. The van der Waals surface area contributed by atoms with Crippen molar-refractivity contribution >= 4 is 11.8 Å². The number of carbonyl (C=O) groups excluding carboxylic acids is 2. The number of amides is 2. The first-order chi connectivity index (χ1) is 15.3. The number of aromatic amines is 1. The quantitative estimate of drug-likeness (QED) is 0.596. The first kappa shape index (κ1) is 22.9. The van der Waals surface area contributed by atoms with Crippen molar-refractivity contribution in [2.75, 3.05) is 13.1 Å². The number of pyridine rings is 1. The van der Waals surface area contributed by atoms with Crippen LogP contribution in [0.2, 0.25) is 0 Å². The molecule has 0 radical (unpaired) electrons. The van der Waals surface area contributed by atoms with Gasteiger partial charge in [0.25, 0.3) is 17.4 Å². The maximum Gasteiger partial charge on any atom is 0.260 e. The Morgan fingerprint density at radius 3 is 2.31 bits per heavy atom. The molecule has 2 amide bonds. The second-order valence-corrected chi connectivity index (χ2v) is 7.42. The topological polar surface area (TPSA) is 108 Å². The standard InChI is InChI=1S/C24H27N5O3/c1-5-29(6-2)24(32)20-14-25-16(4)28-21(20)18-10-8-17(9-11-18)13-26-22(30)19-12-7-15(3)27-23(19)31/h7-12,14H,5-6,13H2,1-4H3,(H,26,30)(H,27,31). The number of nitrogens with one attached hydrogen (secondary N) is 2. The Hall–Kier alpha value is -3.81. The highest BCUT2D eigenvalue weighted by molar-refractivity contribution is 5.99. The second kappa shape index (κ2) is 10.00. The highest BCUT2D eigenvalue weighted by Crippen LogP contribution is 2.23. The van der Waals surface area contributed by atoms with Gasteiger partial charge < -0.3 is 15.2 Å². The van der Waals surface area contributed by atoms with E-state index in [0.717, 1.165) is 11.1 Å². The second-order valence-electron chi connectivity index (χ2n) is 7.42. The fraction of sp³-hybridized carbons (Fsp3) is 0.292. The van der Waals surface area contributed by atoms with Crippen LogP contribution in [0, 0.1) is 13.8 Å². The van der Waals surface area contributed by atoms with E-state index in [4.69, 9.17) is 0 Å². The molecular weight excluding hydrogens is 406 g/mol. The smallest absolute Gasteiger partial charge is 0.260 e. The molecule has 8 heteroatoms. The van der Waals surface area contributed by atoms with Gasteiger partial charge in [0, 0.05) is 37.1 Å². The van der Waals surface area contributed by atoms with Crippen LogP contribution >= 0.6 is 0 Å². The highest BCUT2D eigenvalue weighted by Gasteiger charge is 2.19. The van der Waals surface area contributed by atoms with E-state index in [1.165, 1.54) is 6.07 Å². The average Bonchev–Trinajstić information content (AvgIpc) is 2.78. The minimum absolute atomic E-state index is 0.0724. The zero-order valence-electron chi connectivity index (χ0n) is 18.7. The van der Waals surface area contributed by atoms with Gasteiger partial charge in [-0.05, 0) is 45.4 Å². The van der Waals surface area contributed by atoms with Gasteiger partial charge in [-0.25, -0.2) is 9.97 Å². The first-order valence-corrected chi connectivity index (χ1v) is 10.5. The van der Waals surface area contributed by atoms with Gasteiger partial charge in [0.05, 0.1) is 11.3 Å². The van der Waals surface area contributed by atoms with Crippen molar-refractivity contribution < 1.29 is 9.59 Å². The Kier molecular flexibility index (Phi) is 7.14. The monoisotopic (exact) mass is 433 g/mol. The van der Waals surface area contributed by atoms with Crippen molar-refractivity contribution in [2.24, 2.45) is 0 Å². The number of H-pyrrole nitrogens is 1. The molecule has 0 aliphatic heterocycles. The Morgan fingerprint density at radius 1 is 1.00 bits per heavy atom. The SMILES string of the molecule is CCN(CC)C(=O)c1cnc(C)nc1-c1ccc(CNC(=O)c2ccc(C)[nH]c2=O)cc1. The third-order valence-corrected chi connectivity index (χ3v) is 5.17. The minimum atomic E-state index is -0.436. The Labute approximate surface area is 186 Å². The summed E-state index contributed by atoms with van der Waals surface area (Å²) >= 11 is 0. The van der Waals surface area contributed by atoms with E-state index in [9.17, 15) is 14.4 Å². The number of benzene rings is 1. The number of carbonyl (C=O) groups is 2. The van der Waals surface area contributed by atoms with Crippen LogP contribution in [-0.2, 0) is 6.54 Å². The van der Waals surface area contributed by atoms with Gasteiger partial charge >= 0.3 is 0 Å². The Bertz CT molecular complexity index is 1180. The number of aromatic nitrogens is 3. The van der Waals surface area contributed by atoms with E-state index < -0.39 is 11.5 Å². The lowest BCUT2D eigenvalue weighted by Gasteiger charge is -2.20. The van der Waals surface area contributed by atoms with Crippen LogP contribution < -0.4 is 10.9 Å². The molecule has 0 saturated heterocycles. The summed E-state index contributed by atoms with van der Waals surface area (Å²) in [5.74, 6) is 0.0364. The predicted molar refractivity (Wildman–Crippen MR) is 122 cm³/mol. The molecular formula is C24H27N5O3. The van der Waals surface area contributed by atoms with Crippen molar-refractivity contribution in [3.63, 3.8) is 0 Å². The van der Waals surface area contributed by atoms with Crippen LogP contribution in [0.5, 0.6) is 0 Å². The molecule has 0 spiro atoms. The number of aryl methyl sites for hydroxylation is 2. The van der Waals surface area contributed by atoms with Gasteiger partial charge in [-0.1, -0.05) is 24.3 Å². The summed E-state index contributed by atoms with van der Waals surface area (Å²) in [6.07, 6.45) is 1.57. The maximum atomic E-state index is 12.9. The molecule has 3 rings (SSSR count). The van der Waals surface area contributed by atoms with Crippen molar-refractivity contribution in [3.8, 4) is 11.3 Å². The minimum Gasteiger partial charge on any atom is -0.348 e. The summed E-state index contributed by atoms with van der Waals surface area (Å²) in [5.41, 5.74) is 3.03. The summed E-state index contributed by atoms with van der Waals surface area (Å²) in [7, 11) is 0. The van der Waals surface area contributed by atoms with Crippen LogP contribution in [0.25, 0.3) is 11.3 Å². The molecule has 32 heavy (non-hydrogen) atoms. The lowest BCUT2D eigenvalue weighted by Crippen LogP contribution is -2.31. The molecule has 0 aliphatic carbocycles. The molecule has 0 atom stereocenters. The summed E-state index contributed by atoms with van der Waals surface area (Å²) in [5, 5.41) is 2.76. The van der Waals surface area contributed by atoms with E-state index in [2.05, 4.69) is 20.3 Å². The summed E-state index contributed by atoms with van der Waals surface area (Å²) < 4.78 is 0. The number of rotatable bonds is 7. The zero-order valence-corrected chi connectivity index (χ0v) is 18.7. The van der Waals surface area contributed by atoms with E-state index >= 15 is 0 Å². The molecule has 3 aromatic rings. The molecule has 2 heterocycles. The average molecular weight is 434 g/mol. The van der Waals surface area contributed by atoms with Gasteiger partial charge in [0.15, 0.2) is 0 Å². The molecule has 0 saturated carbocycles. The highest BCUT2D eigenvalue weighted by atomic mass is 16.2. The van der Waals surface area contributed by atoms with Gasteiger partial charge in [-0.15, -0.1) is 0 Å². The zero-order chi connectivity index (χ0) is 23.3. The van der Waals surface area contributed by atoms with Gasteiger partial charge in [0.2, 0.25) is 0 Å². The third kappa shape index (κ3) is 5.08. The number of hydrogen-bond acceptors (Lipinski definition) is 5. The summed E-state index contributed by atoms with van der Waals surface area (Å²) in [6, 6.07) is 10.6. The van der Waals surface area contributed by atoms with Crippen LogP contribution in [-0.4, -0.2) is 44.8 Å². The molecule has 2 aromatic heterocycles. The fourth-order valence-electron chi connectivity index (χ4n) is 3.34. The van der Waals surface area contributed by atoms with Crippen molar-refractivity contribution in [3.05, 3.63) is 81.2 Å². The molecule has 8 nitrogen and oxygen atoms in total. The van der Waals surface area contributed by atoms with Gasteiger partial charge in [-0.2, -0.15) is 0 Å². The van der Waals surface area contributed by atoms with Crippen LogP contribution in [0.15, 0.2) is 47.4 Å². The van der Waals surface area contributed by atoms with Crippen LogP contribution in [0.1, 0.15) is 51.6 Å². The third-order valence-electron chi connectivity index (χ3n) is 5.17. The lowest BCUT2D eigenvalue weighted by atomic mass is 10.0. The predicted octanol–water partition coefficient (Wildman–Crippen LogP) is 2.86.